The molecular formula is C17H21N3O4S. The highest BCUT2D eigenvalue weighted by Crippen LogP contribution is 2.21. The Morgan fingerprint density at radius 3 is 2.48 bits per heavy atom. The molecule has 0 unspecified atom stereocenters. The van der Waals surface area contributed by atoms with E-state index in [9.17, 15) is 13.2 Å². The number of nitrogens with zero attached hydrogens (tertiary/aromatic N) is 2. The highest BCUT2D eigenvalue weighted by Gasteiger charge is 2.15. The second kappa shape index (κ2) is 7.98. The van der Waals surface area contributed by atoms with Gasteiger partial charge in [-0.1, -0.05) is 6.07 Å². The number of benzene rings is 1. The summed E-state index contributed by atoms with van der Waals surface area (Å²) in [6.07, 6.45) is 2.10. The van der Waals surface area contributed by atoms with Gasteiger partial charge in [-0.15, -0.1) is 0 Å². The van der Waals surface area contributed by atoms with E-state index in [2.05, 4.69) is 10.3 Å². The first-order chi connectivity index (χ1) is 11.8. The van der Waals surface area contributed by atoms with E-state index in [1.54, 1.807) is 37.4 Å². The summed E-state index contributed by atoms with van der Waals surface area (Å²) >= 11 is 0. The van der Waals surface area contributed by atoms with E-state index in [0.717, 1.165) is 11.9 Å². The molecule has 8 heteroatoms. The molecule has 0 aliphatic carbocycles. The SMILES string of the molecule is C[C@@H](Oc1ccc(N(C)S(C)(=O)=O)cc1)C(=O)NCc1ccccn1. The van der Waals surface area contributed by atoms with Gasteiger partial charge >= 0.3 is 0 Å². The maximum absolute atomic E-state index is 12.1. The number of hydrogen-bond donors (Lipinski definition) is 1. The van der Waals surface area contributed by atoms with Gasteiger partial charge in [0.2, 0.25) is 10.0 Å². The van der Waals surface area contributed by atoms with Crippen molar-refractivity contribution in [3.05, 3.63) is 54.4 Å². The van der Waals surface area contributed by atoms with Crippen molar-refractivity contribution in [3.63, 3.8) is 0 Å². The maximum atomic E-state index is 12.1. The van der Waals surface area contributed by atoms with Crippen molar-refractivity contribution in [3.8, 4) is 5.75 Å². The first-order valence-corrected chi connectivity index (χ1v) is 9.50. The molecule has 2 aromatic rings. The van der Waals surface area contributed by atoms with Crippen LogP contribution in [0, 0.1) is 0 Å². The fourth-order valence-electron chi connectivity index (χ4n) is 2.01. The van der Waals surface area contributed by atoms with Crippen molar-refractivity contribution in [2.24, 2.45) is 0 Å². The van der Waals surface area contributed by atoms with Gasteiger partial charge < -0.3 is 10.1 Å². The number of nitrogens with one attached hydrogen (secondary N) is 1. The van der Waals surface area contributed by atoms with Crippen LogP contribution in [0.15, 0.2) is 48.7 Å². The quantitative estimate of drug-likeness (QED) is 0.806. The summed E-state index contributed by atoms with van der Waals surface area (Å²) in [5.74, 6) is 0.217. The number of anilines is 1. The van der Waals surface area contributed by atoms with Crippen LogP contribution in [0.2, 0.25) is 0 Å². The Labute approximate surface area is 147 Å². The minimum atomic E-state index is -3.32. The molecule has 0 spiro atoms. The maximum Gasteiger partial charge on any atom is 0.261 e. The third kappa shape index (κ3) is 5.46. The second-order valence-electron chi connectivity index (χ2n) is 5.52. The lowest BCUT2D eigenvalue weighted by atomic mass is 10.3. The normalized spacial score (nSPS) is 12.3. The Bertz CT molecular complexity index is 808. The van der Waals surface area contributed by atoms with Crippen LogP contribution in [0.3, 0.4) is 0 Å². The standard InChI is InChI=1S/C17H21N3O4S/c1-13(17(21)19-12-14-6-4-5-11-18-14)24-16-9-7-15(8-10-16)20(2)25(3,22)23/h4-11,13H,12H2,1-3H3,(H,19,21)/t13-/m1/s1. The van der Waals surface area contributed by atoms with Crippen LogP contribution < -0.4 is 14.4 Å². The molecule has 0 aliphatic heterocycles. The number of carbonyl (C=O) groups is 1. The number of sulfonamides is 1. The van der Waals surface area contributed by atoms with Crippen LogP contribution in [-0.4, -0.2) is 38.7 Å². The van der Waals surface area contributed by atoms with E-state index in [4.69, 9.17) is 4.74 Å². The first kappa shape index (κ1) is 18.7. The number of hydrogen-bond acceptors (Lipinski definition) is 5. The van der Waals surface area contributed by atoms with Crippen LogP contribution in [0.5, 0.6) is 5.75 Å². The molecule has 0 aliphatic rings. The molecule has 0 fully saturated rings. The molecule has 1 atom stereocenters. The van der Waals surface area contributed by atoms with Gasteiger partial charge in [0.1, 0.15) is 5.75 Å². The summed E-state index contributed by atoms with van der Waals surface area (Å²) in [6, 6.07) is 12.0. The van der Waals surface area contributed by atoms with Crippen molar-refractivity contribution < 1.29 is 17.9 Å². The number of rotatable bonds is 7. The predicted octanol–water partition coefficient (Wildman–Crippen LogP) is 1.56. The van der Waals surface area contributed by atoms with Crippen molar-refractivity contribution >= 4 is 21.6 Å². The molecule has 0 bridgehead atoms. The molecule has 0 radical (unpaired) electrons. The average Bonchev–Trinajstić information content (AvgIpc) is 2.59. The van der Waals surface area contributed by atoms with E-state index in [-0.39, 0.29) is 5.91 Å². The van der Waals surface area contributed by atoms with Crippen LogP contribution in [-0.2, 0) is 21.4 Å². The van der Waals surface area contributed by atoms with Crippen LogP contribution >= 0.6 is 0 Å². The summed E-state index contributed by atoms with van der Waals surface area (Å²) in [6.45, 7) is 1.97. The lowest BCUT2D eigenvalue weighted by molar-refractivity contribution is -0.127. The van der Waals surface area contributed by atoms with Crippen LogP contribution in [0.1, 0.15) is 12.6 Å². The molecule has 0 saturated heterocycles. The van der Waals surface area contributed by atoms with Gasteiger partial charge in [-0.3, -0.25) is 14.1 Å². The van der Waals surface area contributed by atoms with Gasteiger partial charge in [-0.2, -0.15) is 0 Å². The van der Waals surface area contributed by atoms with Gasteiger partial charge in [-0.25, -0.2) is 8.42 Å². The van der Waals surface area contributed by atoms with E-state index in [1.807, 2.05) is 18.2 Å². The van der Waals surface area contributed by atoms with E-state index >= 15 is 0 Å². The minimum Gasteiger partial charge on any atom is -0.481 e. The molecule has 0 saturated carbocycles. The fourth-order valence-corrected chi connectivity index (χ4v) is 2.51. The Kier molecular flexibility index (Phi) is 5.97. The number of carbonyl (C=O) groups excluding carboxylic acids is 1. The molecular weight excluding hydrogens is 342 g/mol. The zero-order chi connectivity index (χ0) is 18.4. The lowest BCUT2D eigenvalue weighted by Gasteiger charge is -2.18. The molecule has 25 heavy (non-hydrogen) atoms. The van der Waals surface area contributed by atoms with Gasteiger partial charge in [0.25, 0.3) is 5.91 Å². The second-order valence-corrected chi connectivity index (χ2v) is 7.54. The third-order valence-corrected chi connectivity index (χ3v) is 4.76. The topological polar surface area (TPSA) is 88.6 Å². The smallest absolute Gasteiger partial charge is 0.261 e. The molecule has 1 aromatic carbocycles. The van der Waals surface area contributed by atoms with Crippen LogP contribution in [0.25, 0.3) is 0 Å². The fraction of sp³-hybridized carbons (Fsp3) is 0.294. The molecule has 1 heterocycles. The Balaban J connectivity index is 1.91. The molecule has 1 N–H and O–H groups in total. The number of aromatic nitrogens is 1. The van der Waals surface area contributed by atoms with E-state index < -0.39 is 16.1 Å². The largest absolute Gasteiger partial charge is 0.481 e. The number of amides is 1. The summed E-state index contributed by atoms with van der Waals surface area (Å²) < 4.78 is 29.8. The van der Waals surface area contributed by atoms with Crippen molar-refractivity contribution in [2.75, 3.05) is 17.6 Å². The molecule has 1 amide bonds. The third-order valence-electron chi connectivity index (χ3n) is 3.55. The number of pyridine rings is 1. The van der Waals surface area contributed by atoms with E-state index in [1.165, 1.54) is 11.4 Å². The number of ether oxygens (including phenoxy) is 1. The van der Waals surface area contributed by atoms with Crippen molar-refractivity contribution in [2.45, 2.75) is 19.6 Å². The molecule has 134 valence electrons. The summed E-state index contributed by atoms with van der Waals surface area (Å²) in [5.41, 5.74) is 1.28. The highest BCUT2D eigenvalue weighted by atomic mass is 32.2. The summed E-state index contributed by atoms with van der Waals surface area (Å²) in [5, 5.41) is 2.75. The van der Waals surface area contributed by atoms with Crippen molar-refractivity contribution in [1.29, 1.82) is 0 Å². The monoisotopic (exact) mass is 363 g/mol. The van der Waals surface area contributed by atoms with Crippen molar-refractivity contribution in [1.82, 2.24) is 10.3 Å². The zero-order valence-electron chi connectivity index (χ0n) is 14.3. The highest BCUT2D eigenvalue weighted by molar-refractivity contribution is 7.92. The van der Waals surface area contributed by atoms with Gasteiger partial charge in [0.15, 0.2) is 6.10 Å². The first-order valence-electron chi connectivity index (χ1n) is 7.65. The van der Waals surface area contributed by atoms with Gasteiger partial charge in [0.05, 0.1) is 24.2 Å². The lowest BCUT2D eigenvalue weighted by Crippen LogP contribution is -2.36. The van der Waals surface area contributed by atoms with E-state index in [0.29, 0.717) is 18.0 Å². The van der Waals surface area contributed by atoms with Gasteiger partial charge in [0, 0.05) is 13.2 Å². The zero-order valence-corrected chi connectivity index (χ0v) is 15.2. The molecule has 1 aromatic heterocycles. The Morgan fingerprint density at radius 1 is 1.24 bits per heavy atom. The summed E-state index contributed by atoms with van der Waals surface area (Å²) in [7, 11) is -1.85. The van der Waals surface area contributed by atoms with Crippen LogP contribution in [0.4, 0.5) is 5.69 Å². The molecule has 2 rings (SSSR count). The molecule has 7 nitrogen and oxygen atoms in total. The Hall–Kier alpha value is -2.61. The van der Waals surface area contributed by atoms with Gasteiger partial charge in [-0.05, 0) is 43.3 Å². The average molecular weight is 363 g/mol. The minimum absolute atomic E-state index is 0.261. The summed E-state index contributed by atoms with van der Waals surface area (Å²) in [4.78, 5) is 16.2. The predicted molar refractivity (Wildman–Crippen MR) is 95.9 cm³/mol. The Morgan fingerprint density at radius 2 is 1.92 bits per heavy atom.